The van der Waals surface area contributed by atoms with E-state index in [-0.39, 0.29) is 0 Å². The molecule has 0 saturated heterocycles. The Hall–Kier alpha value is -2.30. The number of aryl methyl sites for hydroxylation is 1. The van der Waals surface area contributed by atoms with Crippen LogP contribution in [0.2, 0.25) is 0 Å². The van der Waals surface area contributed by atoms with Crippen LogP contribution in [0.15, 0.2) is 30.6 Å². The minimum absolute atomic E-state index is 0.829. The van der Waals surface area contributed by atoms with Gasteiger partial charge in [0.15, 0.2) is 5.82 Å². The SMILES string of the molecule is CCc1cc(Nc2ccnc3[nH]ccc23)n[nH]1. The molecule has 0 fully saturated rings. The molecule has 0 saturated carbocycles. The molecule has 0 bridgehead atoms. The van der Waals surface area contributed by atoms with E-state index >= 15 is 0 Å². The van der Waals surface area contributed by atoms with E-state index in [1.807, 2.05) is 24.4 Å². The number of pyridine rings is 1. The summed E-state index contributed by atoms with van der Waals surface area (Å²) < 4.78 is 0. The van der Waals surface area contributed by atoms with Crippen molar-refractivity contribution in [3.05, 3.63) is 36.3 Å². The van der Waals surface area contributed by atoms with Gasteiger partial charge in [-0.3, -0.25) is 5.10 Å². The lowest BCUT2D eigenvalue weighted by molar-refractivity contribution is 0.976. The minimum Gasteiger partial charge on any atom is -0.346 e. The molecule has 0 atom stereocenters. The Balaban J connectivity index is 1.96. The summed E-state index contributed by atoms with van der Waals surface area (Å²) in [5.74, 6) is 0.829. The van der Waals surface area contributed by atoms with Crippen LogP contribution in [-0.2, 0) is 6.42 Å². The lowest BCUT2D eigenvalue weighted by Gasteiger charge is -2.03. The van der Waals surface area contributed by atoms with Gasteiger partial charge in [0, 0.05) is 29.5 Å². The van der Waals surface area contributed by atoms with E-state index in [9.17, 15) is 0 Å². The van der Waals surface area contributed by atoms with Gasteiger partial charge in [0.05, 0.1) is 5.69 Å². The molecule has 3 aromatic heterocycles. The molecule has 86 valence electrons. The van der Waals surface area contributed by atoms with Gasteiger partial charge < -0.3 is 10.3 Å². The third-order valence-corrected chi connectivity index (χ3v) is 2.73. The van der Waals surface area contributed by atoms with Crippen LogP contribution in [0.25, 0.3) is 11.0 Å². The number of H-pyrrole nitrogens is 2. The Morgan fingerprint density at radius 2 is 2.29 bits per heavy atom. The second-order valence-corrected chi connectivity index (χ2v) is 3.86. The van der Waals surface area contributed by atoms with E-state index in [1.165, 1.54) is 0 Å². The molecule has 5 nitrogen and oxygen atoms in total. The van der Waals surface area contributed by atoms with Crippen LogP contribution in [0, 0.1) is 0 Å². The lowest BCUT2D eigenvalue weighted by atomic mass is 10.3. The van der Waals surface area contributed by atoms with Crippen molar-refractivity contribution in [2.75, 3.05) is 5.32 Å². The molecule has 17 heavy (non-hydrogen) atoms. The molecule has 0 amide bonds. The Bertz CT molecular complexity index is 637. The Kier molecular flexibility index (Phi) is 2.29. The molecule has 3 N–H and O–H groups in total. The molecule has 3 aromatic rings. The molecule has 0 radical (unpaired) electrons. The first-order chi connectivity index (χ1) is 8.36. The second kappa shape index (κ2) is 3.93. The first-order valence-corrected chi connectivity index (χ1v) is 5.60. The largest absolute Gasteiger partial charge is 0.346 e. The number of aromatic amines is 2. The summed E-state index contributed by atoms with van der Waals surface area (Å²) in [6.07, 6.45) is 4.60. The highest BCUT2D eigenvalue weighted by atomic mass is 15.2. The van der Waals surface area contributed by atoms with Crippen LogP contribution in [-0.4, -0.2) is 20.2 Å². The summed E-state index contributed by atoms with van der Waals surface area (Å²) in [5, 5.41) is 11.5. The maximum absolute atomic E-state index is 4.24. The van der Waals surface area contributed by atoms with Gasteiger partial charge in [-0.2, -0.15) is 5.10 Å². The van der Waals surface area contributed by atoms with E-state index in [0.29, 0.717) is 0 Å². The molecular formula is C12H13N5. The minimum atomic E-state index is 0.829. The van der Waals surface area contributed by atoms with Crippen LogP contribution in [0.5, 0.6) is 0 Å². The second-order valence-electron chi connectivity index (χ2n) is 3.86. The van der Waals surface area contributed by atoms with Gasteiger partial charge in [-0.15, -0.1) is 0 Å². The van der Waals surface area contributed by atoms with Gasteiger partial charge >= 0.3 is 0 Å². The Morgan fingerprint density at radius 3 is 3.12 bits per heavy atom. The first-order valence-electron chi connectivity index (χ1n) is 5.60. The van der Waals surface area contributed by atoms with E-state index in [4.69, 9.17) is 0 Å². The maximum Gasteiger partial charge on any atom is 0.152 e. The Morgan fingerprint density at radius 1 is 1.35 bits per heavy atom. The fraction of sp³-hybridized carbons (Fsp3) is 0.167. The van der Waals surface area contributed by atoms with Crippen molar-refractivity contribution in [3.8, 4) is 0 Å². The number of hydrogen-bond donors (Lipinski definition) is 3. The summed E-state index contributed by atoms with van der Waals surface area (Å²) >= 11 is 0. The molecule has 0 aliphatic carbocycles. The molecule has 0 aliphatic heterocycles. The number of anilines is 2. The zero-order valence-corrected chi connectivity index (χ0v) is 9.49. The van der Waals surface area contributed by atoms with Gasteiger partial charge in [-0.05, 0) is 18.6 Å². The predicted molar refractivity (Wildman–Crippen MR) is 67.3 cm³/mol. The normalized spacial score (nSPS) is 10.9. The van der Waals surface area contributed by atoms with Crippen LogP contribution in [0.3, 0.4) is 0 Å². The zero-order valence-electron chi connectivity index (χ0n) is 9.49. The third kappa shape index (κ3) is 1.75. The van der Waals surface area contributed by atoms with Crippen LogP contribution >= 0.6 is 0 Å². The van der Waals surface area contributed by atoms with Gasteiger partial charge in [0.25, 0.3) is 0 Å². The van der Waals surface area contributed by atoms with E-state index in [0.717, 1.165) is 34.7 Å². The number of aromatic nitrogens is 4. The van der Waals surface area contributed by atoms with Crippen molar-refractivity contribution < 1.29 is 0 Å². The summed E-state index contributed by atoms with van der Waals surface area (Å²) in [6, 6.07) is 5.95. The smallest absolute Gasteiger partial charge is 0.152 e. The topological polar surface area (TPSA) is 69.4 Å². The number of hydrogen-bond acceptors (Lipinski definition) is 3. The van der Waals surface area contributed by atoms with Gasteiger partial charge in [0.1, 0.15) is 5.65 Å². The summed E-state index contributed by atoms with van der Waals surface area (Å²) in [6.45, 7) is 2.09. The average Bonchev–Trinajstić information content (AvgIpc) is 2.97. The Labute approximate surface area is 98.3 Å². The lowest BCUT2D eigenvalue weighted by Crippen LogP contribution is -1.91. The fourth-order valence-electron chi connectivity index (χ4n) is 1.81. The molecule has 0 aliphatic rings. The van der Waals surface area contributed by atoms with Crippen molar-refractivity contribution in [3.63, 3.8) is 0 Å². The van der Waals surface area contributed by atoms with Gasteiger partial charge in [-0.1, -0.05) is 6.92 Å². The molecule has 3 heterocycles. The van der Waals surface area contributed by atoms with Crippen LogP contribution in [0.1, 0.15) is 12.6 Å². The summed E-state index contributed by atoms with van der Waals surface area (Å²) in [7, 11) is 0. The van der Waals surface area contributed by atoms with Crippen LogP contribution < -0.4 is 5.32 Å². The maximum atomic E-state index is 4.24. The molecule has 5 heteroatoms. The molecular weight excluding hydrogens is 214 g/mol. The molecule has 3 rings (SSSR count). The number of rotatable bonds is 3. The van der Waals surface area contributed by atoms with Crippen LogP contribution in [0.4, 0.5) is 11.5 Å². The first kappa shape index (κ1) is 9.89. The van der Waals surface area contributed by atoms with Crippen molar-refractivity contribution in [1.82, 2.24) is 20.2 Å². The van der Waals surface area contributed by atoms with Crippen molar-refractivity contribution in [1.29, 1.82) is 0 Å². The monoisotopic (exact) mass is 227 g/mol. The highest BCUT2D eigenvalue weighted by Crippen LogP contribution is 2.23. The highest BCUT2D eigenvalue weighted by Gasteiger charge is 2.04. The quantitative estimate of drug-likeness (QED) is 0.644. The summed E-state index contributed by atoms with van der Waals surface area (Å²) in [5.41, 5.74) is 3.00. The molecule has 0 aromatic carbocycles. The fourth-order valence-corrected chi connectivity index (χ4v) is 1.81. The van der Waals surface area contributed by atoms with Gasteiger partial charge in [-0.25, -0.2) is 4.98 Å². The zero-order chi connectivity index (χ0) is 11.7. The van der Waals surface area contributed by atoms with Gasteiger partial charge in [0.2, 0.25) is 0 Å². The standard InChI is InChI=1S/C12H13N5/c1-2-8-7-11(17-16-8)15-10-4-6-14-12-9(10)3-5-13-12/h3-7H,2H2,1H3,(H3,13,14,15,16,17). The van der Waals surface area contributed by atoms with E-state index in [1.54, 1.807) is 6.20 Å². The summed E-state index contributed by atoms with van der Waals surface area (Å²) in [4.78, 5) is 7.32. The number of nitrogens with zero attached hydrogens (tertiary/aromatic N) is 2. The average molecular weight is 227 g/mol. The van der Waals surface area contributed by atoms with Crippen molar-refractivity contribution in [2.45, 2.75) is 13.3 Å². The van der Waals surface area contributed by atoms with E-state index < -0.39 is 0 Å². The van der Waals surface area contributed by atoms with Crippen molar-refractivity contribution >= 4 is 22.5 Å². The number of nitrogens with one attached hydrogen (secondary N) is 3. The predicted octanol–water partition coefficient (Wildman–Crippen LogP) is 2.59. The third-order valence-electron chi connectivity index (χ3n) is 2.73. The molecule has 0 spiro atoms. The molecule has 0 unspecified atom stereocenters. The highest BCUT2D eigenvalue weighted by molar-refractivity contribution is 5.90. The van der Waals surface area contributed by atoms with E-state index in [2.05, 4.69) is 32.4 Å². The number of fused-ring (bicyclic) bond motifs is 1. The van der Waals surface area contributed by atoms with Crippen molar-refractivity contribution in [2.24, 2.45) is 0 Å².